The number of hydrogen-bond acceptors (Lipinski definition) is 3. The molecular formula is C16H13ClN4O. The molecule has 0 saturated heterocycles. The number of carbonyl (C=O) groups is 1. The number of aromatic nitrogens is 3. The third kappa shape index (κ3) is 3.32. The molecule has 1 N–H and O–H groups in total. The summed E-state index contributed by atoms with van der Waals surface area (Å²) in [5.41, 5.74) is 2.41. The molecule has 3 rings (SSSR count). The molecule has 22 heavy (non-hydrogen) atoms. The summed E-state index contributed by atoms with van der Waals surface area (Å²) in [5.74, 6) is -0.110. The van der Waals surface area contributed by atoms with Crippen molar-refractivity contribution in [3.63, 3.8) is 0 Å². The first-order chi connectivity index (χ1) is 10.7. The van der Waals surface area contributed by atoms with E-state index in [-0.39, 0.29) is 12.3 Å². The molecule has 0 saturated carbocycles. The highest BCUT2D eigenvalue weighted by molar-refractivity contribution is 6.31. The van der Waals surface area contributed by atoms with E-state index in [9.17, 15) is 4.79 Å². The lowest BCUT2D eigenvalue weighted by molar-refractivity contribution is -0.115. The summed E-state index contributed by atoms with van der Waals surface area (Å²) in [6, 6.07) is 14.7. The molecule has 6 heteroatoms. The summed E-state index contributed by atoms with van der Waals surface area (Å²) in [6.45, 7) is 0. The molecular weight excluding hydrogens is 300 g/mol. The molecule has 2 aromatic carbocycles. The van der Waals surface area contributed by atoms with Gasteiger partial charge >= 0.3 is 0 Å². The molecule has 0 unspecified atom stereocenters. The van der Waals surface area contributed by atoms with Crippen molar-refractivity contribution in [2.45, 2.75) is 6.42 Å². The maximum absolute atomic E-state index is 12.1. The highest BCUT2D eigenvalue weighted by atomic mass is 35.5. The van der Waals surface area contributed by atoms with Crippen LogP contribution < -0.4 is 5.32 Å². The molecule has 110 valence electrons. The molecule has 0 radical (unpaired) electrons. The Morgan fingerprint density at radius 3 is 2.59 bits per heavy atom. The summed E-state index contributed by atoms with van der Waals surface area (Å²) in [5, 5.41) is 7.49. The first-order valence-corrected chi connectivity index (χ1v) is 7.08. The van der Waals surface area contributed by atoms with Crippen molar-refractivity contribution in [1.82, 2.24) is 14.8 Å². The molecule has 1 aromatic heterocycles. The maximum Gasteiger partial charge on any atom is 0.228 e. The van der Waals surface area contributed by atoms with Gasteiger partial charge in [-0.1, -0.05) is 29.8 Å². The molecule has 0 aliphatic rings. The summed E-state index contributed by atoms with van der Waals surface area (Å²) >= 11 is 6.05. The minimum Gasteiger partial charge on any atom is -0.326 e. The molecule has 1 amide bonds. The van der Waals surface area contributed by atoms with Gasteiger partial charge in [0.15, 0.2) is 0 Å². The number of carbonyl (C=O) groups excluding carboxylic acids is 1. The molecule has 0 aliphatic carbocycles. The minimum absolute atomic E-state index is 0.110. The Morgan fingerprint density at radius 1 is 1.14 bits per heavy atom. The van der Waals surface area contributed by atoms with Gasteiger partial charge in [0.25, 0.3) is 0 Å². The standard InChI is InChI=1S/C16H13ClN4O/c17-15-4-2-1-3-12(15)9-16(22)20-13-5-7-14(8-6-13)21-11-18-10-19-21/h1-8,10-11H,9H2,(H,20,22). The van der Waals surface area contributed by atoms with Crippen molar-refractivity contribution < 1.29 is 4.79 Å². The Labute approximate surface area is 132 Å². The number of hydrogen-bond donors (Lipinski definition) is 1. The second-order valence-corrected chi connectivity index (χ2v) is 5.11. The lowest BCUT2D eigenvalue weighted by Gasteiger charge is -2.07. The van der Waals surface area contributed by atoms with E-state index in [1.807, 2.05) is 42.5 Å². The van der Waals surface area contributed by atoms with E-state index in [2.05, 4.69) is 15.4 Å². The number of amides is 1. The molecule has 0 spiro atoms. The second kappa shape index (κ2) is 6.41. The van der Waals surface area contributed by atoms with Gasteiger partial charge in [0.05, 0.1) is 12.1 Å². The molecule has 5 nitrogen and oxygen atoms in total. The zero-order valence-corrected chi connectivity index (χ0v) is 12.4. The van der Waals surface area contributed by atoms with E-state index < -0.39 is 0 Å². The van der Waals surface area contributed by atoms with Crippen LogP contribution in [-0.4, -0.2) is 20.7 Å². The molecule has 3 aromatic rings. The SMILES string of the molecule is O=C(Cc1ccccc1Cl)Nc1ccc(-n2cncn2)cc1. The summed E-state index contributed by atoms with van der Waals surface area (Å²) in [7, 11) is 0. The van der Waals surface area contributed by atoms with Crippen LogP contribution in [0.25, 0.3) is 5.69 Å². The molecule has 1 heterocycles. The summed E-state index contributed by atoms with van der Waals surface area (Å²) in [4.78, 5) is 15.9. The van der Waals surface area contributed by atoms with Crippen molar-refractivity contribution in [1.29, 1.82) is 0 Å². The van der Waals surface area contributed by atoms with Gasteiger partial charge < -0.3 is 5.32 Å². The van der Waals surface area contributed by atoms with Crippen LogP contribution in [-0.2, 0) is 11.2 Å². The van der Waals surface area contributed by atoms with E-state index in [1.165, 1.54) is 6.33 Å². The second-order valence-electron chi connectivity index (χ2n) is 4.70. The Balaban J connectivity index is 1.66. The predicted molar refractivity (Wildman–Crippen MR) is 85.1 cm³/mol. The molecule has 0 aliphatic heterocycles. The fourth-order valence-corrected chi connectivity index (χ4v) is 2.26. The van der Waals surface area contributed by atoms with Crippen LogP contribution in [0.4, 0.5) is 5.69 Å². The Bertz CT molecular complexity index is 769. The number of nitrogens with zero attached hydrogens (tertiary/aromatic N) is 3. The van der Waals surface area contributed by atoms with Gasteiger partial charge in [0.2, 0.25) is 5.91 Å². The van der Waals surface area contributed by atoms with Gasteiger partial charge in [-0.05, 0) is 35.9 Å². The number of rotatable bonds is 4. The lowest BCUT2D eigenvalue weighted by atomic mass is 10.1. The Hall–Kier alpha value is -2.66. The molecule has 0 bridgehead atoms. The van der Waals surface area contributed by atoms with Gasteiger partial charge in [-0.15, -0.1) is 0 Å². The molecule has 0 atom stereocenters. The van der Waals surface area contributed by atoms with Gasteiger partial charge in [-0.25, -0.2) is 9.67 Å². The number of anilines is 1. The zero-order valence-electron chi connectivity index (χ0n) is 11.6. The summed E-state index contributed by atoms with van der Waals surface area (Å²) < 4.78 is 1.65. The van der Waals surface area contributed by atoms with Crippen molar-refractivity contribution in [3.8, 4) is 5.69 Å². The fraction of sp³-hybridized carbons (Fsp3) is 0.0625. The van der Waals surface area contributed by atoms with Crippen molar-refractivity contribution in [2.24, 2.45) is 0 Å². The quantitative estimate of drug-likeness (QED) is 0.805. The average Bonchev–Trinajstić information content (AvgIpc) is 3.05. The first kappa shape index (κ1) is 14.3. The van der Waals surface area contributed by atoms with Gasteiger partial charge in [-0.2, -0.15) is 5.10 Å². The summed E-state index contributed by atoms with van der Waals surface area (Å²) in [6.07, 6.45) is 3.33. The van der Waals surface area contributed by atoms with Crippen molar-refractivity contribution >= 4 is 23.2 Å². The van der Waals surface area contributed by atoms with Crippen LogP contribution >= 0.6 is 11.6 Å². The Morgan fingerprint density at radius 2 is 1.91 bits per heavy atom. The van der Waals surface area contributed by atoms with Crippen LogP contribution in [0.3, 0.4) is 0 Å². The largest absolute Gasteiger partial charge is 0.326 e. The molecule has 0 fully saturated rings. The van der Waals surface area contributed by atoms with Gasteiger partial charge in [0.1, 0.15) is 12.7 Å². The monoisotopic (exact) mass is 312 g/mol. The smallest absolute Gasteiger partial charge is 0.228 e. The average molecular weight is 313 g/mol. The third-order valence-electron chi connectivity index (χ3n) is 3.14. The van der Waals surface area contributed by atoms with Crippen LogP contribution in [0.2, 0.25) is 5.02 Å². The van der Waals surface area contributed by atoms with E-state index in [4.69, 9.17) is 11.6 Å². The topological polar surface area (TPSA) is 59.8 Å². The van der Waals surface area contributed by atoms with E-state index >= 15 is 0 Å². The Kier molecular flexibility index (Phi) is 4.16. The predicted octanol–water partition coefficient (Wildman–Crippen LogP) is 3.10. The third-order valence-corrected chi connectivity index (χ3v) is 3.51. The van der Waals surface area contributed by atoms with Crippen LogP contribution in [0.1, 0.15) is 5.56 Å². The van der Waals surface area contributed by atoms with E-state index in [1.54, 1.807) is 17.1 Å². The minimum atomic E-state index is -0.110. The number of halogens is 1. The number of nitrogens with one attached hydrogen (secondary N) is 1. The normalized spacial score (nSPS) is 10.4. The van der Waals surface area contributed by atoms with Crippen LogP contribution in [0.5, 0.6) is 0 Å². The van der Waals surface area contributed by atoms with Gasteiger partial charge in [0, 0.05) is 10.7 Å². The highest BCUT2D eigenvalue weighted by Gasteiger charge is 2.07. The van der Waals surface area contributed by atoms with E-state index in [0.717, 1.165) is 16.9 Å². The number of benzene rings is 2. The van der Waals surface area contributed by atoms with Crippen LogP contribution in [0.15, 0.2) is 61.2 Å². The first-order valence-electron chi connectivity index (χ1n) is 6.71. The van der Waals surface area contributed by atoms with E-state index in [0.29, 0.717) is 5.02 Å². The van der Waals surface area contributed by atoms with Crippen molar-refractivity contribution in [2.75, 3.05) is 5.32 Å². The van der Waals surface area contributed by atoms with Crippen molar-refractivity contribution in [3.05, 3.63) is 71.8 Å². The lowest BCUT2D eigenvalue weighted by Crippen LogP contribution is -2.14. The van der Waals surface area contributed by atoms with Gasteiger partial charge in [-0.3, -0.25) is 4.79 Å². The maximum atomic E-state index is 12.1. The highest BCUT2D eigenvalue weighted by Crippen LogP contribution is 2.17. The zero-order chi connectivity index (χ0) is 15.4. The fourth-order valence-electron chi connectivity index (χ4n) is 2.06. The van der Waals surface area contributed by atoms with Crippen LogP contribution in [0, 0.1) is 0 Å².